The van der Waals surface area contributed by atoms with Crippen LogP contribution < -0.4 is 0 Å². The minimum absolute atomic E-state index is 0.0648. The van der Waals surface area contributed by atoms with Crippen molar-refractivity contribution in [2.24, 2.45) is 5.92 Å². The molecule has 0 amide bonds. The summed E-state index contributed by atoms with van der Waals surface area (Å²) in [6.07, 6.45) is 1.92. The number of aryl methyl sites for hydroxylation is 1. The van der Waals surface area contributed by atoms with Crippen LogP contribution in [0.25, 0.3) is 0 Å². The number of rotatable bonds is 4. The van der Waals surface area contributed by atoms with E-state index in [-0.39, 0.29) is 18.6 Å². The molecule has 3 nitrogen and oxygen atoms in total. The predicted octanol–water partition coefficient (Wildman–Crippen LogP) is 1.89. The van der Waals surface area contributed by atoms with Crippen molar-refractivity contribution in [1.82, 2.24) is 0 Å². The fourth-order valence-corrected chi connectivity index (χ4v) is 3.32. The van der Waals surface area contributed by atoms with Gasteiger partial charge in [-0.2, -0.15) is 0 Å². The van der Waals surface area contributed by atoms with Crippen molar-refractivity contribution in [2.75, 3.05) is 19.0 Å². The van der Waals surface area contributed by atoms with Crippen LogP contribution in [0, 0.1) is 12.8 Å². The summed E-state index contributed by atoms with van der Waals surface area (Å²) in [5.41, 5.74) is 1.18. The normalized spacial score (nSPS) is 25.9. The predicted molar refractivity (Wildman–Crippen MR) is 72.0 cm³/mol. The van der Waals surface area contributed by atoms with E-state index in [1.54, 1.807) is 0 Å². The SMILES string of the molecule is Cc1ccc([S@](=O)C[C@@H]2CC[C@H](CO)CO2)cc1. The molecule has 4 heteroatoms. The fraction of sp³-hybridized carbons (Fsp3) is 0.571. The maximum absolute atomic E-state index is 12.2. The Morgan fingerprint density at radius 1 is 1.33 bits per heavy atom. The van der Waals surface area contributed by atoms with E-state index in [1.165, 1.54) is 5.56 Å². The monoisotopic (exact) mass is 268 g/mol. The fourth-order valence-electron chi connectivity index (χ4n) is 2.09. The van der Waals surface area contributed by atoms with Gasteiger partial charge < -0.3 is 9.84 Å². The second-order valence-corrected chi connectivity index (χ2v) is 6.40. The van der Waals surface area contributed by atoms with E-state index in [0.717, 1.165) is 17.7 Å². The van der Waals surface area contributed by atoms with Gasteiger partial charge in [0.1, 0.15) is 0 Å². The van der Waals surface area contributed by atoms with Gasteiger partial charge in [-0.05, 0) is 31.9 Å². The van der Waals surface area contributed by atoms with Crippen molar-refractivity contribution in [1.29, 1.82) is 0 Å². The van der Waals surface area contributed by atoms with Gasteiger partial charge in [-0.15, -0.1) is 0 Å². The lowest BCUT2D eigenvalue weighted by Gasteiger charge is -2.27. The van der Waals surface area contributed by atoms with Gasteiger partial charge >= 0.3 is 0 Å². The zero-order chi connectivity index (χ0) is 13.0. The summed E-state index contributed by atoms with van der Waals surface area (Å²) in [7, 11) is -0.990. The lowest BCUT2D eigenvalue weighted by atomic mass is 10.0. The molecular weight excluding hydrogens is 248 g/mol. The molecule has 3 atom stereocenters. The molecule has 1 heterocycles. The molecule has 1 saturated heterocycles. The van der Waals surface area contributed by atoms with Crippen molar-refractivity contribution in [3.63, 3.8) is 0 Å². The minimum atomic E-state index is -0.990. The standard InChI is InChI=1S/C14H20O3S/c1-11-2-6-14(7-3-11)18(16)10-13-5-4-12(8-15)9-17-13/h2-3,6-7,12-13,15H,4-5,8-10H2,1H3/t12-,13+,18-/m1/s1. The van der Waals surface area contributed by atoms with Gasteiger partial charge in [0.2, 0.25) is 0 Å². The van der Waals surface area contributed by atoms with E-state index >= 15 is 0 Å². The number of benzene rings is 1. The molecule has 0 radical (unpaired) electrons. The Morgan fingerprint density at radius 3 is 2.61 bits per heavy atom. The van der Waals surface area contributed by atoms with Gasteiger partial charge in [0, 0.05) is 17.4 Å². The van der Waals surface area contributed by atoms with E-state index in [1.807, 2.05) is 31.2 Å². The molecule has 100 valence electrons. The quantitative estimate of drug-likeness (QED) is 0.907. The van der Waals surface area contributed by atoms with Crippen LogP contribution in [0.1, 0.15) is 18.4 Å². The van der Waals surface area contributed by atoms with Crippen LogP contribution in [0.2, 0.25) is 0 Å². The first-order valence-electron chi connectivity index (χ1n) is 6.36. The summed E-state index contributed by atoms with van der Waals surface area (Å²) in [4.78, 5) is 0.869. The van der Waals surface area contributed by atoms with Crippen LogP contribution in [-0.2, 0) is 15.5 Å². The molecule has 1 N–H and O–H groups in total. The van der Waals surface area contributed by atoms with Crippen LogP contribution in [0.15, 0.2) is 29.2 Å². The van der Waals surface area contributed by atoms with Crippen LogP contribution in [0.4, 0.5) is 0 Å². The molecule has 0 aliphatic carbocycles. The van der Waals surface area contributed by atoms with E-state index in [2.05, 4.69) is 0 Å². The first kappa shape index (κ1) is 13.7. The molecule has 18 heavy (non-hydrogen) atoms. The van der Waals surface area contributed by atoms with Gasteiger partial charge in [0.15, 0.2) is 0 Å². The Bertz CT molecular complexity index is 394. The number of aliphatic hydroxyl groups excluding tert-OH is 1. The van der Waals surface area contributed by atoms with Gasteiger partial charge in [-0.3, -0.25) is 4.21 Å². The zero-order valence-corrected chi connectivity index (χ0v) is 11.5. The molecule has 0 bridgehead atoms. The molecule has 0 unspecified atom stereocenters. The smallest absolute Gasteiger partial charge is 0.0694 e. The van der Waals surface area contributed by atoms with E-state index in [0.29, 0.717) is 12.4 Å². The van der Waals surface area contributed by atoms with Crippen molar-refractivity contribution >= 4 is 10.8 Å². The van der Waals surface area contributed by atoms with E-state index < -0.39 is 10.8 Å². The summed E-state index contributed by atoms with van der Waals surface area (Å²) >= 11 is 0. The van der Waals surface area contributed by atoms with Gasteiger partial charge in [-0.1, -0.05) is 17.7 Å². The van der Waals surface area contributed by atoms with Gasteiger partial charge in [-0.25, -0.2) is 0 Å². The van der Waals surface area contributed by atoms with Crippen molar-refractivity contribution in [3.05, 3.63) is 29.8 Å². The topological polar surface area (TPSA) is 46.5 Å². The number of aliphatic hydroxyl groups is 1. The van der Waals surface area contributed by atoms with Crippen LogP contribution in [0.5, 0.6) is 0 Å². The average molecular weight is 268 g/mol. The summed E-state index contributed by atoms with van der Waals surface area (Å²) in [5.74, 6) is 0.815. The highest BCUT2D eigenvalue weighted by Gasteiger charge is 2.23. The van der Waals surface area contributed by atoms with Crippen LogP contribution in [0.3, 0.4) is 0 Å². The second-order valence-electron chi connectivity index (χ2n) is 4.91. The third-order valence-electron chi connectivity index (χ3n) is 3.34. The Hall–Kier alpha value is -0.710. The van der Waals surface area contributed by atoms with Crippen molar-refractivity contribution in [2.45, 2.75) is 30.8 Å². The Morgan fingerprint density at radius 2 is 2.06 bits per heavy atom. The molecule has 1 aromatic carbocycles. The molecule has 1 aromatic rings. The highest BCUT2D eigenvalue weighted by Crippen LogP contribution is 2.20. The Balaban J connectivity index is 1.86. The lowest BCUT2D eigenvalue weighted by Crippen LogP contribution is -2.31. The molecule has 0 spiro atoms. The first-order chi connectivity index (χ1) is 8.69. The zero-order valence-electron chi connectivity index (χ0n) is 10.7. The third-order valence-corrected chi connectivity index (χ3v) is 4.82. The van der Waals surface area contributed by atoms with Gasteiger partial charge in [0.05, 0.1) is 29.3 Å². The highest BCUT2D eigenvalue weighted by molar-refractivity contribution is 7.85. The van der Waals surface area contributed by atoms with E-state index in [9.17, 15) is 4.21 Å². The van der Waals surface area contributed by atoms with Crippen molar-refractivity contribution in [3.8, 4) is 0 Å². The summed E-state index contributed by atoms with van der Waals surface area (Å²) in [6, 6.07) is 7.81. The summed E-state index contributed by atoms with van der Waals surface area (Å²) in [5, 5.41) is 9.02. The molecule has 0 saturated carbocycles. The Labute approximate surface area is 111 Å². The molecule has 1 aliphatic rings. The van der Waals surface area contributed by atoms with Crippen molar-refractivity contribution < 1.29 is 14.1 Å². The molecule has 1 aliphatic heterocycles. The first-order valence-corrected chi connectivity index (χ1v) is 7.68. The molecule has 0 aromatic heterocycles. The van der Waals surface area contributed by atoms with E-state index in [4.69, 9.17) is 9.84 Å². The second kappa shape index (κ2) is 6.45. The van der Waals surface area contributed by atoms with Gasteiger partial charge in [0.25, 0.3) is 0 Å². The maximum atomic E-state index is 12.2. The summed E-state index contributed by atoms with van der Waals surface area (Å²) < 4.78 is 17.8. The van der Waals surface area contributed by atoms with Crippen LogP contribution in [-0.4, -0.2) is 34.4 Å². The maximum Gasteiger partial charge on any atom is 0.0694 e. The summed E-state index contributed by atoms with van der Waals surface area (Å²) in [6.45, 7) is 2.80. The number of ether oxygens (including phenoxy) is 1. The number of hydrogen-bond acceptors (Lipinski definition) is 3. The minimum Gasteiger partial charge on any atom is -0.396 e. The van der Waals surface area contributed by atoms with Crippen LogP contribution >= 0.6 is 0 Å². The lowest BCUT2D eigenvalue weighted by molar-refractivity contribution is -0.0183. The number of hydrogen-bond donors (Lipinski definition) is 1. The largest absolute Gasteiger partial charge is 0.396 e. The molecule has 2 rings (SSSR count). The molecular formula is C14H20O3S. The average Bonchev–Trinajstić information content (AvgIpc) is 2.40. The highest BCUT2D eigenvalue weighted by atomic mass is 32.2. The third kappa shape index (κ3) is 3.64. The Kier molecular flexibility index (Phi) is 4.92. The molecule has 1 fully saturated rings.